The number of hydrogen-bond donors (Lipinski definition) is 1. The summed E-state index contributed by atoms with van der Waals surface area (Å²) in [7, 11) is 3.79. The van der Waals surface area contributed by atoms with E-state index in [1.54, 1.807) is 12.4 Å². The molecule has 1 aromatic carbocycles. The first-order chi connectivity index (χ1) is 9.22. The van der Waals surface area contributed by atoms with Gasteiger partial charge in [0, 0.05) is 19.8 Å². The summed E-state index contributed by atoms with van der Waals surface area (Å²) in [5.74, 6) is 0.754. The quantitative estimate of drug-likeness (QED) is 0.903. The maximum atomic E-state index is 8.76. The van der Waals surface area contributed by atoms with Crippen LogP contribution in [0, 0.1) is 11.3 Å². The Kier molecular flexibility index (Phi) is 3.94. The second-order valence-corrected chi connectivity index (χ2v) is 4.16. The molecule has 1 N–H and O–H groups in total. The van der Waals surface area contributed by atoms with Crippen LogP contribution in [0.25, 0.3) is 0 Å². The highest BCUT2D eigenvalue weighted by molar-refractivity contribution is 5.49. The summed E-state index contributed by atoms with van der Waals surface area (Å²) < 4.78 is 0. The SMILES string of the molecule is CNc1cnc(CN(C)c2ccc(C#N)cc2)cn1. The third-order valence-electron chi connectivity index (χ3n) is 2.80. The Morgan fingerprint density at radius 2 is 1.95 bits per heavy atom. The summed E-state index contributed by atoms with van der Waals surface area (Å²) in [4.78, 5) is 10.6. The number of aromatic nitrogens is 2. The van der Waals surface area contributed by atoms with E-state index in [1.807, 2.05) is 38.4 Å². The number of rotatable bonds is 4. The van der Waals surface area contributed by atoms with Crippen molar-refractivity contribution < 1.29 is 0 Å². The van der Waals surface area contributed by atoms with E-state index in [9.17, 15) is 0 Å². The Balaban J connectivity index is 2.06. The fraction of sp³-hybridized carbons (Fsp3) is 0.214. The molecule has 19 heavy (non-hydrogen) atoms. The molecule has 5 heteroatoms. The van der Waals surface area contributed by atoms with Crippen molar-refractivity contribution >= 4 is 11.5 Å². The molecule has 0 radical (unpaired) electrons. The minimum absolute atomic E-state index is 0.662. The molecule has 1 aromatic heterocycles. The zero-order valence-corrected chi connectivity index (χ0v) is 11.0. The van der Waals surface area contributed by atoms with Gasteiger partial charge in [-0.05, 0) is 24.3 Å². The van der Waals surface area contributed by atoms with Crippen molar-refractivity contribution in [2.75, 3.05) is 24.3 Å². The van der Waals surface area contributed by atoms with Crippen molar-refractivity contribution in [2.45, 2.75) is 6.54 Å². The highest BCUT2D eigenvalue weighted by atomic mass is 15.1. The van der Waals surface area contributed by atoms with Gasteiger partial charge in [-0.25, -0.2) is 4.98 Å². The first-order valence-electron chi connectivity index (χ1n) is 5.93. The predicted molar refractivity (Wildman–Crippen MR) is 74.8 cm³/mol. The van der Waals surface area contributed by atoms with E-state index in [0.29, 0.717) is 12.1 Å². The van der Waals surface area contributed by atoms with Crippen LogP contribution in [0.1, 0.15) is 11.3 Å². The van der Waals surface area contributed by atoms with Crippen LogP contribution < -0.4 is 10.2 Å². The molecule has 96 valence electrons. The molecular weight excluding hydrogens is 238 g/mol. The molecule has 0 atom stereocenters. The van der Waals surface area contributed by atoms with E-state index >= 15 is 0 Å². The van der Waals surface area contributed by atoms with Crippen LogP contribution in [-0.2, 0) is 6.54 Å². The van der Waals surface area contributed by atoms with E-state index in [1.165, 1.54) is 0 Å². The predicted octanol–water partition coefficient (Wildman–Crippen LogP) is 2.03. The van der Waals surface area contributed by atoms with Gasteiger partial charge in [-0.15, -0.1) is 0 Å². The molecule has 0 saturated heterocycles. The van der Waals surface area contributed by atoms with Crippen LogP contribution in [0.5, 0.6) is 0 Å². The molecule has 0 spiro atoms. The first-order valence-corrected chi connectivity index (χ1v) is 5.93. The molecule has 2 aromatic rings. The van der Waals surface area contributed by atoms with Gasteiger partial charge in [0.25, 0.3) is 0 Å². The Hall–Kier alpha value is -2.61. The van der Waals surface area contributed by atoms with Gasteiger partial charge in [0.1, 0.15) is 5.82 Å². The molecule has 0 aliphatic rings. The second-order valence-electron chi connectivity index (χ2n) is 4.16. The summed E-state index contributed by atoms with van der Waals surface area (Å²) in [6.45, 7) is 0.670. The normalized spacial score (nSPS) is 9.74. The number of nitrogens with one attached hydrogen (secondary N) is 1. The third-order valence-corrected chi connectivity index (χ3v) is 2.80. The van der Waals surface area contributed by atoms with Gasteiger partial charge >= 0.3 is 0 Å². The first kappa shape index (κ1) is 12.8. The van der Waals surface area contributed by atoms with Crippen molar-refractivity contribution in [3.63, 3.8) is 0 Å². The number of nitriles is 1. The van der Waals surface area contributed by atoms with Crippen LogP contribution in [0.15, 0.2) is 36.7 Å². The summed E-state index contributed by atoms with van der Waals surface area (Å²) in [6, 6.07) is 9.57. The third kappa shape index (κ3) is 3.19. The number of nitrogens with zero attached hydrogens (tertiary/aromatic N) is 4. The fourth-order valence-corrected chi connectivity index (χ4v) is 1.69. The zero-order chi connectivity index (χ0) is 13.7. The lowest BCUT2D eigenvalue weighted by molar-refractivity contribution is 0.874. The monoisotopic (exact) mass is 253 g/mol. The molecule has 0 saturated carbocycles. The minimum Gasteiger partial charge on any atom is -0.372 e. The van der Waals surface area contributed by atoms with Gasteiger partial charge in [-0.3, -0.25) is 4.98 Å². The van der Waals surface area contributed by atoms with Crippen LogP contribution >= 0.6 is 0 Å². The van der Waals surface area contributed by atoms with Gasteiger partial charge in [0.05, 0.1) is 36.3 Å². The number of benzene rings is 1. The Labute approximate surface area is 112 Å². The molecule has 1 heterocycles. The van der Waals surface area contributed by atoms with Crippen LogP contribution in [0.3, 0.4) is 0 Å². The molecule has 0 amide bonds. The van der Waals surface area contributed by atoms with Gasteiger partial charge in [0.2, 0.25) is 0 Å². The van der Waals surface area contributed by atoms with Gasteiger partial charge in [-0.2, -0.15) is 5.26 Å². The molecule has 0 aliphatic carbocycles. The maximum absolute atomic E-state index is 8.76. The van der Waals surface area contributed by atoms with E-state index in [-0.39, 0.29) is 0 Å². The fourth-order valence-electron chi connectivity index (χ4n) is 1.69. The number of anilines is 2. The van der Waals surface area contributed by atoms with Gasteiger partial charge < -0.3 is 10.2 Å². The zero-order valence-electron chi connectivity index (χ0n) is 11.0. The molecule has 0 unspecified atom stereocenters. The van der Waals surface area contributed by atoms with E-state index < -0.39 is 0 Å². The summed E-state index contributed by atoms with van der Waals surface area (Å²) in [5.41, 5.74) is 2.60. The highest BCUT2D eigenvalue weighted by Gasteiger charge is 2.04. The Morgan fingerprint density at radius 3 is 2.47 bits per heavy atom. The summed E-state index contributed by atoms with van der Waals surface area (Å²) in [5, 5.41) is 11.7. The van der Waals surface area contributed by atoms with E-state index in [4.69, 9.17) is 5.26 Å². The molecule has 0 aliphatic heterocycles. The van der Waals surface area contributed by atoms with Gasteiger partial charge in [0.15, 0.2) is 0 Å². The van der Waals surface area contributed by atoms with Crippen molar-refractivity contribution in [1.29, 1.82) is 5.26 Å². The van der Waals surface area contributed by atoms with Crippen molar-refractivity contribution in [2.24, 2.45) is 0 Å². The Morgan fingerprint density at radius 1 is 1.21 bits per heavy atom. The number of hydrogen-bond acceptors (Lipinski definition) is 5. The average Bonchev–Trinajstić information content (AvgIpc) is 2.48. The lowest BCUT2D eigenvalue weighted by Crippen LogP contribution is -2.17. The van der Waals surface area contributed by atoms with Crippen LogP contribution in [0.2, 0.25) is 0 Å². The van der Waals surface area contributed by atoms with Crippen LogP contribution in [-0.4, -0.2) is 24.1 Å². The molecular formula is C14H15N5. The lowest BCUT2D eigenvalue weighted by Gasteiger charge is -2.18. The standard InChI is InChI=1S/C14H15N5/c1-16-14-9-17-12(8-18-14)10-19(2)13-5-3-11(7-15)4-6-13/h3-6,8-9H,10H2,1-2H3,(H,16,18). The molecule has 5 nitrogen and oxygen atoms in total. The van der Waals surface area contributed by atoms with Crippen molar-refractivity contribution in [1.82, 2.24) is 9.97 Å². The lowest BCUT2D eigenvalue weighted by atomic mass is 10.2. The molecule has 0 fully saturated rings. The molecule has 0 bridgehead atoms. The highest BCUT2D eigenvalue weighted by Crippen LogP contribution is 2.15. The summed E-state index contributed by atoms with van der Waals surface area (Å²) in [6.07, 6.45) is 3.47. The summed E-state index contributed by atoms with van der Waals surface area (Å²) >= 11 is 0. The largest absolute Gasteiger partial charge is 0.372 e. The van der Waals surface area contributed by atoms with E-state index in [2.05, 4.69) is 26.3 Å². The van der Waals surface area contributed by atoms with Crippen molar-refractivity contribution in [3.05, 3.63) is 47.9 Å². The van der Waals surface area contributed by atoms with Crippen molar-refractivity contribution in [3.8, 4) is 6.07 Å². The van der Waals surface area contributed by atoms with Gasteiger partial charge in [-0.1, -0.05) is 0 Å². The Bertz CT molecular complexity index is 568. The molecule has 2 rings (SSSR count). The second kappa shape index (κ2) is 5.83. The van der Waals surface area contributed by atoms with E-state index in [0.717, 1.165) is 17.2 Å². The smallest absolute Gasteiger partial charge is 0.144 e. The maximum Gasteiger partial charge on any atom is 0.144 e. The topological polar surface area (TPSA) is 64.8 Å². The minimum atomic E-state index is 0.662. The average molecular weight is 253 g/mol. The van der Waals surface area contributed by atoms with Crippen LogP contribution in [0.4, 0.5) is 11.5 Å².